The van der Waals surface area contributed by atoms with Crippen molar-refractivity contribution in [2.75, 3.05) is 12.3 Å². The fourth-order valence-electron chi connectivity index (χ4n) is 5.31. The van der Waals surface area contributed by atoms with Crippen molar-refractivity contribution < 1.29 is 70.0 Å². The molecule has 3 heterocycles. The number of amides is 2. The van der Waals surface area contributed by atoms with E-state index in [1.807, 2.05) is 60.7 Å². The van der Waals surface area contributed by atoms with Crippen LogP contribution in [-0.2, 0) is 35.5 Å². The van der Waals surface area contributed by atoms with Crippen LogP contribution >= 0.6 is 0 Å². The van der Waals surface area contributed by atoms with E-state index in [1.165, 1.54) is 18.2 Å². The number of β-lactam (4-membered cyclic amide) rings is 1. The van der Waals surface area contributed by atoms with Crippen molar-refractivity contribution in [2.24, 2.45) is 0 Å². The van der Waals surface area contributed by atoms with Gasteiger partial charge >= 0.3 is 35.3 Å². The molecule has 2 atom stereocenters. The van der Waals surface area contributed by atoms with Crippen LogP contribution in [0, 0.1) is 0 Å². The van der Waals surface area contributed by atoms with Crippen LogP contribution in [0.5, 0.6) is 11.5 Å². The minimum atomic E-state index is -5.00. The minimum Gasteiger partial charge on any atom is -0.731 e. The van der Waals surface area contributed by atoms with Crippen molar-refractivity contribution in [3.63, 3.8) is 0 Å². The summed E-state index contributed by atoms with van der Waals surface area (Å²) >= 11 is 0. The van der Waals surface area contributed by atoms with Gasteiger partial charge in [-0.05, 0) is 18.6 Å². The largest absolute Gasteiger partial charge is 1.00 e. The van der Waals surface area contributed by atoms with Crippen LogP contribution in [0.15, 0.2) is 83.8 Å². The molecule has 0 bridgehead atoms. The molecule has 40 heavy (non-hydrogen) atoms. The van der Waals surface area contributed by atoms with Gasteiger partial charge in [-0.2, -0.15) is 0 Å². The Morgan fingerprint density at radius 3 is 2.05 bits per heavy atom. The van der Waals surface area contributed by atoms with Crippen LogP contribution in [-0.4, -0.2) is 66.8 Å². The fourth-order valence-corrected chi connectivity index (χ4v) is 7.41. The SMILES string of the molecule is O=C(CS(=O)(=O)c1ccc2c(c1)OC(c1ccccc1)(c1ccccc1)O2)N1CC[C@@H]2[C@H]1C(=O)N2S(=O)(=O)[O-].[Na+]. The van der Waals surface area contributed by atoms with Crippen LogP contribution < -0.4 is 39.0 Å². The summed E-state index contributed by atoms with van der Waals surface area (Å²) in [6, 6.07) is 20.3. The summed E-state index contributed by atoms with van der Waals surface area (Å²) in [5.41, 5.74) is 1.38. The van der Waals surface area contributed by atoms with Gasteiger partial charge < -0.3 is 18.9 Å². The summed E-state index contributed by atoms with van der Waals surface area (Å²) in [6.07, 6.45) is 0.0642. The molecule has 14 heteroatoms. The van der Waals surface area contributed by atoms with Gasteiger partial charge in [0.2, 0.25) is 5.91 Å². The standard InChI is InChI=1S/C26H22N2O9S2.Na/c29-23(27-14-13-20-24(27)25(30)28(20)39(33,34)35)16-38(31,32)19-11-12-21-22(15-19)37-26(36-21,17-7-3-1-4-8-17)18-9-5-2-6-10-18;/h1-12,15,20,24H,13-14,16H2,(H,33,34,35);/q;+1/p-1/t20-,24+;/m1./s1. The Morgan fingerprint density at radius 2 is 1.48 bits per heavy atom. The van der Waals surface area contributed by atoms with Crippen molar-refractivity contribution in [3.05, 3.63) is 90.0 Å². The van der Waals surface area contributed by atoms with Gasteiger partial charge in [0.15, 0.2) is 31.6 Å². The molecule has 0 saturated carbocycles. The molecule has 0 aromatic heterocycles. The number of likely N-dealkylation sites (tertiary alicyclic amines) is 1. The van der Waals surface area contributed by atoms with Crippen molar-refractivity contribution in [2.45, 2.75) is 29.2 Å². The molecule has 0 aliphatic carbocycles. The number of sulfone groups is 1. The van der Waals surface area contributed by atoms with E-state index >= 15 is 0 Å². The number of hydrogen-bond acceptors (Lipinski definition) is 9. The summed E-state index contributed by atoms with van der Waals surface area (Å²) in [5.74, 6) is -3.71. The van der Waals surface area contributed by atoms with E-state index in [-0.39, 0.29) is 57.5 Å². The minimum absolute atomic E-state index is 0. The Morgan fingerprint density at radius 1 is 0.900 bits per heavy atom. The molecule has 0 N–H and O–H groups in total. The molecule has 3 aliphatic rings. The Kier molecular flexibility index (Phi) is 7.26. The van der Waals surface area contributed by atoms with E-state index in [4.69, 9.17) is 9.47 Å². The molecule has 0 radical (unpaired) electrons. The van der Waals surface area contributed by atoms with Crippen LogP contribution in [0.25, 0.3) is 0 Å². The van der Waals surface area contributed by atoms with E-state index in [0.717, 1.165) is 4.90 Å². The first-order valence-electron chi connectivity index (χ1n) is 12.0. The normalized spacial score (nSPS) is 20.9. The monoisotopic (exact) mass is 592 g/mol. The van der Waals surface area contributed by atoms with Gasteiger partial charge in [0.1, 0.15) is 11.8 Å². The van der Waals surface area contributed by atoms with Crippen molar-refractivity contribution >= 4 is 32.0 Å². The Labute approximate surface area is 252 Å². The zero-order chi connectivity index (χ0) is 27.6. The second kappa shape index (κ2) is 10.2. The molecule has 6 rings (SSSR count). The smallest absolute Gasteiger partial charge is 0.731 e. The maximum absolute atomic E-state index is 13.2. The van der Waals surface area contributed by atoms with E-state index in [0.29, 0.717) is 16.9 Å². The van der Waals surface area contributed by atoms with Crippen LogP contribution in [0.2, 0.25) is 0 Å². The molecule has 3 aromatic rings. The molecule has 0 unspecified atom stereocenters. The first kappa shape index (κ1) is 28.6. The van der Waals surface area contributed by atoms with E-state index in [1.54, 1.807) is 0 Å². The molecule has 2 fully saturated rings. The molecule has 3 aliphatic heterocycles. The van der Waals surface area contributed by atoms with Crippen LogP contribution in [0.3, 0.4) is 0 Å². The third-order valence-electron chi connectivity index (χ3n) is 7.10. The van der Waals surface area contributed by atoms with Gasteiger partial charge in [0, 0.05) is 23.7 Å². The number of carbonyl (C=O) groups is 2. The predicted octanol–water partition coefficient (Wildman–Crippen LogP) is -1.59. The molecule has 202 valence electrons. The summed E-state index contributed by atoms with van der Waals surface area (Å²) in [6.45, 7) is -0.0424. The molecule has 3 aromatic carbocycles. The Balaban J connectivity index is 0.00000323. The van der Waals surface area contributed by atoms with Gasteiger partial charge in [0.25, 0.3) is 5.91 Å². The van der Waals surface area contributed by atoms with Gasteiger partial charge in [-0.25, -0.2) is 21.1 Å². The first-order valence-corrected chi connectivity index (χ1v) is 15.0. The average molecular weight is 593 g/mol. The predicted molar refractivity (Wildman–Crippen MR) is 134 cm³/mol. The molecule has 2 amide bonds. The zero-order valence-electron chi connectivity index (χ0n) is 21.2. The van der Waals surface area contributed by atoms with Crippen molar-refractivity contribution in [3.8, 4) is 11.5 Å². The number of nitrogens with zero attached hydrogens (tertiary/aromatic N) is 2. The Bertz CT molecular complexity index is 1660. The Hall–Kier alpha value is -2.94. The molecule has 2 saturated heterocycles. The van der Waals surface area contributed by atoms with Gasteiger partial charge in [-0.15, -0.1) is 0 Å². The number of carbonyl (C=O) groups excluding carboxylic acids is 2. The van der Waals surface area contributed by atoms with Crippen molar-refractivity contribution in [1.82, 2.24) is 9.21 Å². The number of rotatable bonds is 6. The maximum atomic E-state index is 13.2. The second-order valence-corrected chi connectivity index (χ2v) is 12.6. The van der Waals surface area contributed by atoms with E-state index < -0.39 is 55.6 Å². The summed E-state index contributed by atoms with van der Waals surface area (Å²) < 4.78 is 73.1. The van der Waals surface area contributed by atoms with Gasteiger partial charge in [0.05, 0.1) is 10.9 Å². The topological polar surface area (TPSA) is 150 Å². The molecular formula is C26H21N2NaO9S2. The maximum Gasteiger partial charge on any atom is 1.00 e. The number of hydrogen-bond donors (Lipinski definition) is 0. The quantitative estimate of drug-likeness (QED) is 0.188. The summed E-state index contributed by atoms with van der Waals surface area (Å²) in [5, 5.41) is 0. The number of ether oxygens (including phenoxy) is 2. The third-order valence-corrected chi connectivity index (χ3v) is 9.63. The second-order valence-electron chi connectivity index (χ2n) is 9.40. The van der Waals surface area contributed by atoms with E-state index in [2.05, 4.69) is 0 Å². The fraction of sp³-hybridized carbons (Fsp3) is 0.231. The molecule has 11 nitrogen and oxygen atoms in total. The first-order chi connectivity index (χ1) is 18.5. The van der Waals surface area contributed by atoms with Crippen molar-refractivity contribution in [1.29, 1.82) is 0 Å². The van der Waals surface area contributed by atoms with Crippen LogP contribution in [0.1, 0.15) is 17.5 Å². The molecule has 0 spiro atoms. The van der Waals surface area contributed by atoms with Gasteiger partial charge in [-0.3, -0.25) is 9.59 Å². The molecular weight excluding hydrogens is 571 g/mol. The number of benzene rings is 3. The van der Waals surface area contributed by atoms with E-state index in [9.17, 15) is 31.0 Å². The summed E-state index contributed by atoms with van der Waals surface area (Å²) in [7, 11) is -9.19. The summed E-state index contributed by atoms with van der Waals surface area (Å²) in [4.78, 5) is 26.0. The van der Waals surface area contributed by atoms with Crippen LogP contribution in [0.4, 0.5) is 0 Å². The van der Waals surface area contributed by atoms with Gasteiger partial charge in [-0.1, -0.05) is 60.7 Å². The number of fused-ring (bicyclic) bond motifs is 2. The third kappa shape index (κ3) is 4.60. The zero-order valence-corrected chi connectivity index (χ0v) is 24.8. The average Bonchev–Trinajstić information content (AvgIpc) is 3.48.